The minimum Gasteiger partial charge on any atom is -0.441 e. The summed E-state index contributed by atoms with van der Waals surface area (Å²) in [4.78, 5) is 16.2. The number of carbonyl (C=O) groups is 1. The zero-order chi connectivity index (χ0) is 17.8. The molecule has 0 bridgehead atoms. The Morgan fingerprint density at radius 3 is 2.76 bits per heavy atom. The molecule has 0 aliphatic rings. The Kier molecular flexibility index (Phi) is 4.93. The third kappa shape index (κ3) is 4.32. The lowest BCUT2D eigenvalue weighted by atomic mass is 10.1. The van der Waals surface area contributed by atoms with Crippen LogP contribution in [0.1, 0.15) is 23.4 Å². The number of rotatable bonds is 5. The number of hydrogen-bond donors (Lipinski definition) is 1. The van der Waals surface area contributed by atoms with E-state index in [0.29, 0.717) is 23.8 Å². The molecule has 0 spiro atoms. The molecule has 0 saturated heterocycles. The molecule has 25 heavy (non-hydrogen) atoms. The lowest BCUT2D eigenvalue weighted by Crippen LogP contribution is -2.12. The number of amides is 1. The second-order valence-corrected chi connectivity index (χ2v) is 5.98. The number of halogens is 1. The van der Waals surface area contributed by atoms with E-state index >= 15 is 0 Å². The standard InChI is InChI=1S/C20H19FN2O2/c1-13-6-7-15(10-14(13)2)18-12-22-20(25-18)9-8-19(24)23-17-5-3-4-16(21)11-17/h3-7,10-12H,8-9H2,1-2H3,(H,23,24). The highest BCUT2D eigenvalue weighted by atomic mass is 19.1. The van der Waals surface area contributed by atoms with Crippen LogP contribution in [0.4, 0.5) is 10.1 Å². The molecule has 1 aromatic heterocycles. The molecule has 4 nitrogen and oxygen atoms in total. The van der Waals surface area contributed by atoms with Crippen molar-refractivity contribution in [3.05, 3.63) is 71.5 Å². The Morgan fingerprint density at radius 2 is 2.00 bits per heavy atom. The first kappa shape index (κ1) is 16.9. The van der Waals surface area contributed by atoms with Crippen molar-refractivity contribution in [2.75, 3.05) is 5.32 Å². The van der Waals surface area contributed by atoms with Crippen LogP contribution in [0.15, 0.2) is 53.1 Å². The van der Waals surface area contributed by atoms with Crippen molar-refractivity contribution >= 4 is 11.6 Å². The zero-order valence-corrected chi connectivity index (χ0v) is 14.2. The molecule has 0 fully saturated rings. The van der Waals surface area contributed by atoms with E-state index in [9.17, 15) is 9.18 Å². The molecular formula is C20H19FN2O2. The number of nitrogens with zero attached hydrogens (tertiary/aromatic N) is 1. The van der Waals surface area contributed by atoms with Crippen molar-refractivity contribution in [1.29, 1.82) is 0 Å². The van der Waals surface area contributed by atoms with Crippen LogP contribution in [0.25, 0.3) is 11.3 Å². The number of hydrogen-bond acceptors (Lipinski definition) is 3. The summed E-state index contributed by atoms with van der Waals surface area (Å²) in [6.45, 7) is 4.11. The van der Waals surface area contributed by atoms with E-state index in [1.165, 1.54) is 23.3 Å². The van der Waals surface area contributed by atoms with Crippen molar-refractivity contribution in [2.45, 2.75) is 26.7 Å². The van der Waals surface area contributed by atoms with Crippen LogP contribution in [-0.2, 0) is 11.2 Å². The van der Waals surface area contributed by atoms with Gasteiger partial charge in [-0.3, -0.25) is 4.79 Å². The number of carbonyl (C=O) groups excluding carboxylic acids is 1. The van der Waals surface area contributed by atoms with Gasteiger partial charge in [-0.25, -0.2) is 9.37 Å². The molecule has 0 aliphatic carbocycles. The molecule has 5 heteroatoms. The molecule has 0 atom stereocenters. The van der Waals surface area contributed by atoms with Crippen molar-refractivity contribution < 1.29 is 13.6 Å². The van der Waals surface area contributed by atoms with Crippen LogP contribution >= 0.6 is 0 Å². The van der Waals surface area contributed by atoms with Crippen LogP contribution < -0.4 is 5.32 Å². The summed E-state index contributed by atoms with van der Waals surface area (Å²) >= 11 is 0. The minimum absolute atomic E-state index is 0.212. The molecule has 128 valence electrons. The third-order valence-corrected chi connectivity index (χ3v) is 4.02. The van der Waals surface area contributed by atoms with E-state index in [4.69, 9.17) is 4.42 Å². The fraction of sp³-hybridized carbons (Fsp3) is 0.200. The smallest absolute Gasteiger partial charge is 0.224 e. The average molecular weight is 338 g/mol. The summed E-state index contributed by atoms with van der Waals surface area (Å²) in [7, 11) is 0. The Hall–Kier alpha value is -2.95. The van der Waals surface area contributed by atoms with Crippen molar-refractivity contribution in [3.8, 4) is 11.3 Å². The van der Waals surface area contributed by atoms with Gasteiger partial charge in [0.25, 0.3) is 0 Å². The summed E-state index contributed by atoms with van der Waals surface area (Å²) in [6.07, 6.45) is 2.26. The topological polar surface area (TPSA) is 55.1 Å². The van der Waals surface area contributed by atoms with Gasteiger partial charge in [-0.15, -0.1) is 0 Å². The summed E-state index contributed by atoms with van der Waals surface area (Å²) < 4.78 is 18.8. The second kappa shape index (κ2) is 7.30. The second-order valence-electron chi connectivity index (χ2n) is 5.98. The highest BCUT2D eigenvalue weighted by molar-refractivity contribution is 5.90. The molecule has 1 heterocycles. The summed E-state index contributed by atoms with van der Waals surface area (Å²) in [5, 5.41) is 2.66. The number of oxazole rings is 1. The molecule has 0 radical (unpaired) electrons. The maximum atomic E-state index is 13.1. The molecule has 0 unspecified atom stereocenters. The average Bonchev–Trinajstić information content (AvgIpc) is 3.04. The Bertz CT molecular complexity index is 902. The van der Waals surface area contributed by atoms with Crippen LogP contribution in [0.2, 0.25) is 0 Å². The number of aryl methyl sites for hydroxylation is 3. The van der Waals surface area contributed by atoms with Gasteiger partial charge in [0.1, 0.15) is 5.82 Å². The van der Waals surface area contributed by atoms with Crippen molar-refractivity contribution in [2.24, 2.45) is 0 Å². The highest BCUT2D eigenvalue weighted by Gasteiger charge is 2.10. The van der Waals surface area contributed by atoms with E-state index < -0.39 is 0 Å². The van der Waals surface area contributed by atoms with Gasteiger partial charge >= 0.3 is 0 Å². The van der Waals surface area contributed by atoms with Crippen LogP contribution in [0.5, 0.6) is 0 Å². The SMILES string of the molecule is Cc1ccc(-c2cnc(CCC(=O)Nc3cccc(F)c3)o2)cc1C. The largest absolute Gasteiger partial charge is 0.441 e. The first-order valence-electron chi connectivity index (χ1n) is 8.09. The van der Waals surface area contributed by atoms with E-state index in [0.717, 1.165) is 5.56 Å². The molecule has 0 saturated carbocycles. The number of nitrogens with one attached hydrogen (secondary N) is 1. The third-order valence-electron chi connectivity index (χ3n) is 4.02. The monoisotopic (exact) mass is 338 g/mol. The summed E-state index contributed by atoms with van der Waals surface area (Å²) in [5.41, 5.74) is 3.81. The molecule has 3 rings (SSSR count). The number of aromatic nitrogens is 1. The molecular weight excluding hydrogens is 319 g/mol. The fourth-order valence-corrected chi connectivity index (χ4v) is 2.46. The Balaban J connectivity index is 1.59. The summed E-state index contributed by atoms with van der Waals surface area (Å²) in [5.74, 6) is 0.589. The first-order valence-corrected chi connectivity index (χ1v) is 8.09. The predicted octanol–water partition coefficient (Wildman–Crippen LogP) is 4.67. The maximum Gasteiger partial charge on any atom is 0.224 e. The Labute approximate surface area is 145 Å². The molecule has 2 aromatic carbocycles. The minimum atomic E-state index is -0.386. The van der Waals surface area contributed by atoms with Crippen LogP contribution in [0, 0.1) is 19.7 Å². The zero-order valence-electron chi connectivity index (χ0n) is 14.2. The van der Waals surface area contributed by atoms with Gasteiger partial charge < -0.3 is 9.73 Å². The number of benzene rings is 2. The van der Waals surface area contributed by atoms with Gasteiger partial charge in [-0.1, -0.05) is 18.2 Å². The van der Waals surface area contributed by atoms with Crippen molar-refractivity contribution in [1.82, 2.24) is 4.98 Å². The van der Waals surface area contributed by atoms with Gasteiger partial charge in [0.05, 0.1) is 6.20 Å². The van der Waals surface area contributed by atoms with E-state index in [1.807, 2.05) is 19.1 Å². The fourth-order valence-electron chi connectivity index (χ4n) is 2.46. The molecule has 1 N–H and O–H groups in total. The molecule has 0 aliphatic heterocycles. The highest BCUT2D eigenvalue weighted by Crippen LogP contribution is 2.23. The van der Waals surface area contributed by atoms with E-state index in [2.05, 4.69) is 23.3 Å². The van der Waals surface area contributed by atoms with E-state index in [1.54, 1.807) is 18.3 Å². The first-order chi connectivity index (χ1) is 12.0. The van der Waals surface area contributed by atoms with E-state index in [-0.39, 0.29) is 18.1 Å². The molecule has 3 aromatic rings. The molecule has 1 amide bonds. The number of anilines is 1. The van der Waals surface area contributed by atoms with Gasteiger partial charge in [0, 0.05) is 24.1 Å². The Morgan fingerprint density at radius 1 is 1.16 bits per heavy atom. The van der Waals surface area contributed by atoms with Crippen molar-refractivity contribution in [3.63, 3.8) is 0 Å². The normalized spacial score (nSPS) is 10.7. The van der Waals surface area contributed by atoms with Gasteiger partial charge in [-0.2, -0.15) is 0 Å². The maximum absolute atomic E-state index is 13.1. The quantitative estimate of drug-likeness (QED) is 0.735. The van der Waals surface area contributed by atoms with Crippen LogP contribution in [-0.4, -0.2) is 10.9 Å². The summed E-state index contributed by atoms with van der Waals surface area (Å²) in [6, 6.07) is 11.9. The van der Waals surface area contributed by atoms with Crippen LogP contribution in [0.3, 0.4) is 0 Å². The lowest BCUT2D eigenvalue weighted by molar-refractivity contribution is -0.116. The van der Waals surface area contributed by atoms with Gasteiger partial charge in [0.15, 0.2) is 11.7 Å². The predicted molar refractivity (Wildman–Crippen MR) is 94.8 cm³/mol. The lowest BCUT2D eigenvalue weighted by Gasteiger charge is -2.04. The van der Waals surface area contributed by atoms with Gasteiger partial charge in [-0.05, 0) is 49.2 Å². The van der Waals surface area contributed by atoms with Gasteiger partial charge in [0.2, 0.25) is 5.91 Å².